The molecular weight excluding hydrogens is 357 g/mol. The third kappa shape index (κ3) is 2.53. The quantitative estimate of drug-likeness (QED) is 0.430. The Bertz CT molecular complexity index is 1000. The van der Waals surface area contributed by atoms with Gasteiger partial charge in [0.2, 0.25) is 5.16 Å². The number of hydrogen-bond donors (Lipinski definition) is 1. The predicted octanol–water partition coefficient (Wildman–Crippen LogP) is 2.14. The van der Waals surface area contributed by atoms with E-state index >= 15 is 0 Å². The molecule has 2 N–H and O–H groups in total. The van der Waals surface area contributed by atoms with E-state index in [1.54, 1.807) is 42.5 Å². The Hall–Kier alpha value is -3.20. The summed E-state index contributed by atoms with van der Waals surface area (Å²) in [5, 5.41) is 8.10. The number of nitrogens with zero attached hydrogens (tertiary/aromatic N) is 4. The van der Waals surface area contributed by atoms with Crippen LogP contribution in [0.2, 0.25) is 0 Å². The van der Waals surface area contributed by atoms with Crippen molar-refractivity contribution in [3.8, 4) is 11.4 Å². The van der Waals surface area contributed by atoms with Gasteiger partial charge in [-0.05, 0) is 24.3 Å². The van der Waals surface area contributed by atoms with Gasteiger partial charge in [0.1, 0.15) is 5.82 Å². The smallest absolute Gasteiger partial charge is 0.262 e. The number of imide groups is 1. The van der Waals surface area contributed by atoms with Gasteiger partial charge in [-0.3, -0.25) is 14.5 Å². The number of halogens is 1. The van der Waals surface area contributed by atoms with Gasteiger partial charge in [0.05, 0.1) is 22.6 Å². The van der Waals surface area contributed by atoms with E-state index in [0.717, 1.165) is 21.3 Å². The first-order valence-corrected chi connectivity index (χ1v) is 8.60. The second kappa shape index (κ2) is 6.26. The number of thioether (sulfide) groups is 1. The van der Waals surface area contributed by atoms with Crippen molar-refractivity contribution < 1.29 is 14.0 Å². The molecular formula is C17H12FN5O2S. The molecule has 0 saturated heterocycles. The lowest BCUT2D eigenvalue weighted by Gasteiger charge is -2.12. The first kappa shape index (κ1) is 16.3. The first-order chi connectivity index (χ1) is 12.6. The third-order valence-electron chi connectivity index (χ3n) is 3.98. The highest BCUT2D eigenvalue weighted by Gasteiger charge is 2.35. The third-order valence-corrected chi connectivity index (χ3v) is 4.90. The number of hydrogen-bond acceptors (Lipinski definition) is 6. The van der Waals surface area contributed by atoms with Crippen LogP contribution in [0.1, 0.15) is 20.7 Å². The lowest BCUT2D eigenvalue weighted by Crippen LogP contribution is -2.29. The van der Waals surface area contributed by atoms with E-state index in [1.165, 1.54) is 6.07 Å². The van der Waals surface area contributed by atoms with Crippen LogP contribution in [-0.4, -0.2) is 37.5 Å². The van der Waals surface area contributed by atoms with Gasteiger partial charge in [-0.1, -0.05) is 36.0 Å². The Morgan fingerprint density at radius 1 is 0.923 bits per heavy atom. The molecule has 0 bridgehead atoms. The lowest BCUT2D eigenvalue weighted by atomic mass is 10.1. The fourth-order valence-electron chi connectivity index (χ4n) is 2.68. The van der Waals surface area contributed by atoms with E-state index in [1.807, 2.05) is 0 Å². The van der Waals surface area contributed by atoms with Crippen LogP contribution in [0.5, 0.6) is 0 Å². The van der Waals surface area contributed by atoms with Gasteiger partial charge >= 0.3 is 0 Å². The van der Waals surface area contributed by atoms with Crippen LogP contribution in [0.15, 0.2) is 53.7 Å². The van der Waals surface area contributed by atoms with Crippen molar-refractivity contribution >= 4 is 23.6 Å². The lowest BCUT2D eigenvalue weighted by molar-refractivity contribution is 0.0684. The van der Waals surface area contributed by atoms with Crippen molar-refractivity contribution in [2.45, 2.75) is 5.16 Å². The van der Waals surface area contributed by atoms with Crippen molar-refractivity contribution in [1.29, 1.82) is 0 Å². The number of aromatic nitrogens is 3. The Balaban J connectivity index is 1.54. The minimum absolute atomic E-state index is 0.0267. The summed E-state index contributed by atoms with van der Waals surface area (Å²) in [5.74, 6) is 4.95. The zero-order valence-corrected chi connectivity index (χ0v) is 14.1. The van der Waals surface area contributed by atoms with Crippen molar-refractivity contribution in [2.75, 3.05) is 11.7 Å². The molecule has 2 heterocycles. The molecule has 1 aliphatic rings. The SMILES string of the molecule is Nn1c(SCN2C(=O)c3ccccc3C2=O)nnc1-c1ccccc1F. The van der Waals surface area contributed by atoms with Crippen molar-refractivity contribution in [1.82, 2.24) is 19.8 Å². The second-order valence-corrected chi connectivity index (χ2v) is 6.43. The number of carbonyl (C=O) groups excluding carboxylic acids is 2. The summed E-state index contributed by atoms with van der Waals surface area (Å²) in [5.41, 5.74) is 0.966. The standard InChI is InChI=1S/C17H12FN5O2S/c18-13-8-4-3-7-12(13)14-20-21-17(23(14)19)26-9-22-15(24)10-5-1-2-6-11(10)16(22)25/h1-8H,9,19H2. The number of amides is 2. The molecule has 3 aromatic rings. The molecule has 7 nitrogen and oxygen atoms in total. The highest BCUT2D eigenvalue weighted by atomic mass is 32.2. The summed E-state index contributed by atoms with van der Waals surface area (Å²) in [7, 11) is 0. The minimum Gasteiger partial charge on any atom is -0.335 e. The van der Waals surface area contributed by atoms with E-state index in [-0.39, 0.29) is 34.2 Å². The van der Waals surface area contributed by atoms with Crippen molar-refractivity contribution in [3.63, 3.8) is 0 Å². The maximum Gasteiger partial charge on any atom is 0.262 e. The number of fused-ring (bicyclic) bond motifs is 1. The van der Waals surface area contributed by atoms with Gasteiger partial charge in [0, 0.05) is 0 Å². The molecule has 0 spiro atoms. The molecule has 0 fully saturated rings. The zero-order chi connectivity index (χ0) is 18.3. The van der Waals surface area contributed by atoms with Crippen LogP contribution in [0.3, 0.4) is 0 Å². The predicted molar refractivity (Wildman–Crippen MR) is 93.2 cm³/mol. The first-order valence-electron chi connectivity index (χ1n) is 7.61. The number of carbonyl (C=O) groups is 2. The molecule has 0 unspecified atom stereocenters. The summed E-state index contributed by atoms with van der Waals surface area (Å²) < 4.78 is 15.0. The van der Waals surface area contributed by atoms with Gasteiger partial charge < -0.3 is 5.84 Å². The second-order valence-electron chi connectivity index (χ2n) is 5.51. The molecule has 4 rings (SSSR count). The molecule has 130 valence electrons. The molecule has 1 aliphatic heterocycles. The Morgan fingerprint density at radius 2 is 1.50 bits per heavy atom. The van der Waals surface area contributed by atoms with Crippen LogP contribution >= 0.6 is 11.8 Å². The van der Waals surface area contributed by atoms with E-state index in [2.05, 4.69) is 10.2 Å². The topological polar surface area (TPSA) is 94.1 Å². The summed E-state index contributed by atoms with van der Waals surface area (Å²) >= 11 is 1.07. The molecule has 0 aliphatic carbocycles. The maximum absolute atomic E-state index is 13.9. The van der Waals surface area contributed by atoms with Crippen LogP contribution in [0, 0.1) is 5.82 Å². The highest BCUT2D eigenvalue weighted by molar-refractivity contribution is 7.99. The van der Waals surface area contributed by atoms with Gasteiger partial charge in [0.15, 0.2) is 5.82 Å². The normalized spacial score (nSPS) is 13.3. The van der Waals surface area contributed by atoms with Crippen LogP contribution < -0.4 is 5.84 Å². The average Bonchev–Trinajstić information content (AvgIpc) is 3.13. The van der Waals surface area contributed by atoms with Gasteiger partial charge in [-0.2, -0.15) is 0 Å². The molecule has 26 heavy (non-hydrogen) atoms. The molecule has 2 amide bonds. The average molecular weight is 369 g/mol. The van der Waals surface area contributed by atoms with Crippen LogP contribution in [-0.2, 0) is 0 Å². The molecule has 1 aromatic heterocycles. The Labute approximate surface area is 151 Å². The van der Waals surface area contributed by atoms with Gasteiger partial charge in [-0.25, -0.2) is 9.07 Å². The number of benzene rings is 2. The Kier molecular flexibility index (Phi) is 3.92. The number of nitrogen functional groups attached to an aromatic ring is 1. The number of rotatable bonds is 4. The monoisotopic (exact) mass is 369 g/mol. The zero-order valence-electron chi connectivity index (χ0n) is 13.3. The summed E-state index contributed by atoms with van der Waals surface area (Å²) in [6.07, 6.45) is 0. The summed E-state index contributed by atoms with van der Waals surface area (Å²) in [6.45, 7) is 0. The molecule has 0 saturated carbocycles. The summed E-state index contributed by atoms with van der Waals surface area (Å²) in [6, 6.07) is 12.7. The highest BCUT2D eigenvalue weighted by Crippen LogP contribution is 2.28. The molecule has 0 atom stereocenters. The minimum atomic E-state index is -0.469. The van der Waals surface area contributed by atoms with E-state index in [0.29, 0.717) is 11.1 Å². The molecule has 0 radical (unpaired) electrons. The largest absolute Gasteiger partial charge is 0.335 e. The van der Waals surface area contributed by atoms with Crippen molar-refractivity contribution in [3.05, 3.63) is 65.5 Å². The van der Waals surface area contributed by atoms with Crippen molar-refractivity contribution in [2.24, 2.45) is 0 Å². The Morgan fingerprint density at radius 3 is 2.12 bits per heavy atom. The van der Waals surface area contributed by atoms with E-state index in [4.69, 9.17) is 5.84 Å². The van der Waals surface area contributed by atoms with Gasteiger partial charge in [0.25, 0.3) is 11.8 Å². The summed E-state index contributed by atoms with van der Waals surface area (Å²) in [4.78, 5) is 25.8. The van der Waals surface area contributed by atoms with Crippen LogP contribution in [0.4, 0.5) is 4.39 Å². The van der Waals surface area contributed by atoms with Gasteiger partial charge in [-0.15, -0.1) is 10.2 Å². The fraction of sp³-hybridized carbons (Fsp3) is 0.0588. The van der Waals surface area contributed by atoms with E-state index in [9.17, 15) is 14.0 Å². The van der Waals surface area contributed by atoms with E-state index < -0.39 is 5.82 Å². The van der Waals surface area contributed by atoms with Crippen LogP contribution in [0.25, 0.3) is 11.4 Å². The molecule has 9 heteroatoms. The fourth-order valence-corrected chi connectivity index (χ4v) is 3.48. The number of nitrogens with two attached hydrogens (primary N) is 1. The molecule has 2 aromatic carbocycles. The maximum atomic E-state index is 13.9.